The highest BCUT2D eigenvalue weighted by molar-refractivity contribution is 6.86. The summed E-state index contributed by atoms with van der Waals surface area (Å²) in [4.78, 5) is 4.35. The number of rotatable bonds is 10. The van der Waals surface area contributed by atoms with Gasteiger partial charge in [-0.1, -0.05) is 169 Å². The summed E-state index contributed by atoms with van der Waals surface area (Å²) in [6, 6.07) is 44.9. The van der Waals surface area contributed by atoms with Gasteiger partial charge in [0.1, 0.15) is 0 Å². The summed E-state index contributed by atoms with van der Waals surface area (Å²) >= 11 is 0. The van der Waals surface area contributed by atoms with Crippen LogP contribution in [0.4, 0.5) is 0 Å². The van der Waals surface area contributed by atoms with Crippen LogP contribution < -0.4 is 10.9 Å². The molecule has 2 nitrogen and oxygen atoms in total. The van der Waals surface area contributed by atoms with Crippen molar-refractivity contribution >= 4 is 27.2 Å². The quantitative estimate of drug-likeness (QED) is 0.111. The topological polar surface area (TPSA) is 17.8 Å². The molecule has 4 heteroatoms. The van der Waals surface area contributed by atoms with Crippen LogP contribution in [0.3, 0.4) is 0 Å². The molecule has 0 aliphatic heterocycles. The largest absolute Gasteiger partial charge is 0.327 e. The molecule has 1 heterocycles. The van der Waals surface area contributed by atoms with Gasteiger partial charge in [-0.05, 0) is 24.5 Å². The van der Waals surface area contributed by atoms with E-state index in [1.165, 1.54) is 40.9 Å². The van der Waals surface area contributed by atoms with Crippen molar-refractivity contribution in [2.45, 2.75) is 43.2 Å². The van der Waals surface area contributed by atoms with Crippen LogP contribution in [0.25, 0.3) is 0 Å². The van der Waals surface area contributed by atoms with Crippen LogP contribution in [-0.4, -0.2) is 25.8 Å². The standard InChI is InChI=1S/C21H24N2Si.C15H15B/c1-2-3-10-17-24-21(23-16-15-22-18-23,19-11-6-4-7-12-19)20-13-8-5-9-14-20;1-3-7-13(8-4-1)16(15-11-12-15)14-9-5-2-6-10-14/h2-9,11-16,18H,10,17,24H2,1H3;1-10,15H,11-12H2. The van der Waals surface area contributed by atoms with E-state index < -0.39 is 9.52 Å². The molecule has 0 radical (unpaired) electrons. The monoisotopic (exact) mass is 538 g/mol. The lowest BCUT2D eigenvalue weighted by molar-refractivity contribution is 0.590. The van der Waals surface area contributed by atoms with Gasteiger partial charge in [-0.2, -0.15) is 0 Å². The van der Waals surface area contributed by atoms with Crippen molar-refractivity contribution < 1.29 is 0 Å². The van der Waals surface area contributed by atoms with Crippen molar-refractivity contribution in [3.05, 3.63) is 163 Å². The second-order valence-electron chi connectivity index (χ2n) is 10.7. The number of hydrogen-bond donors (Lipinski definition) is 0. The molecular formula is C36H39BN2Si. The summed E-state index contributed by atoms with van der Waals surface area (Å²) in [7, 11) is -0.496. The van der Waals surface area contributed by atoms with Gasteiger partial charge in [-0.3, -0.25) is 0 Å². The second-order valence-corrected chi connectivity index (χ2v) is 12.9. The predicted molar refractivity (Wildman–Crippen MR) is 175 cm³/mol. The van der Waals surface area contributed by atoms with Gasteiger partial charge >= 0.3 is 0 Å². The summed E-state index contributed by atoms with van der Waals surface area (Å²) in [5.74, 6) is 0.866. The first-order valence-corrected chi connectivity index (χ1v) is 16.3. The van der Waals surface area contributed by atoms with Gasteiger partial charge in [-0.25, -0.2) is 4.98 Å². The maximum Gasteiger partial charge on any atom is 0.212 e. The maximum atomic E-state index is 4.35. The maximum absolute atomic E-state index is 4.35. The van der Waals surface area contributed by atoms with Crippen LogP contribution in [0.1, 0.15) is 37.3 Å². The van der Waals surface area contributed by atoms with Crippen LogP contribution in [0.15, 0.2) is 152 Å². The van der Waals surface area contributed by atoms with E-state index in [9.17, 15) is 0 Å². The van der Waals surface area contributed by atoms with Gasteiger partial charge in [0, 0.05) is 12.4 Å². The molecule has 0 N–H and O–H groups in total. The first-order valence-electron chi connectivity index (χ1n) is 14.6. The lowest BCUT2D eigenvalue weighted by Gasteiger charge is -2.36. The van der Waals surface area contributed by atoms with Crippen molar-refractivity contribution in [1.29, 1.82) is 0 Å². The van der Waals surface area contributed by atoms with E-state index in [0.717, 1.165) is 12.2 Å². The molecule has 200 valence electrons. The smallest absolute Gasteiger partial charge is 0.212 e. The second kappa shape index (κ2) is 14.0. The van der Waals surface area contributed by atoms with Crippen LogP contribution in [-0.2, 0) is 5.16 Å². The Bertz CT molecular complexity index is 1340. The summed E-state index contributed by atoms with van der Waals surface area (Å²) in [5, 5.41) is -0.0827. The number of imidazole rings is 1. The number of hydrogen-bond acceptors (Lipinski definition) is 1. The minimum absolute atomic E-state index is 0.0827. The van der Waals surface area contributed by atoms with Gasteiger partial charge in [-0.15, -0.1) is 0 Å². The highest BCUT2D eigenvalue weighted by atomic mass is 28.2. The molecule has 1 fully saturated rings. The van der Waals surface area contributed by atoms with Crippen molar-refractivity contribution in [2.24, 2.45) is 0 Å². The van der Waals surface area contributed by atoms with Crippen LogP contribution in [0.2, 0.25) is 11.9 Å². The first kappa shape index (κ1) is 27.7. The number of aromatic nitrogens is 2. The van der Waals surface area contributed by atoms with Crippen molar-refractivity contribution in [1.82, 2.24) is 9.55 Å². The molecule has 0 amide bonds. The van der Waals surface area contributed by atoms with Crippen LogP contribution in [0.5, 0.6) is 0 Å². The fourth-order valence-electron chi connectivity index (χ4n) is 5.92. The molecule has 1 aromatic heterocycles. The number of allylic oxidation sites excluding steroid dienone is 2. The van der Waals surface area contributed by atoms with Crippen molar-refractivity contribution in [2.75, 3.05) is 0 Å². The Kier molecular flexibility index (Phi) is 9.65. The fraction of sp³-hybridized carbons (Fsp3) is 0.194. The minimum atomic E-state index is -0.496. The Morgan fingerprint density at radius 1 is 0.775 bits per heavy atom. The molecule has 0 saturated heterocycles. The lowest BCUT2D eigenvalue weighted by Crippen LogP contribution is -2.42. The van der Waals surface area contributed by atoms with Crippen molar-refractivity contribution in [3.8, 4) is 0 Å². The van der Waals surface area contributed by atoms with Crippen LogP contribution >= 0.6 is 0 Å². The molecule has 1 aliphatic rings. The average Bonchev–Trinajstić information content (AvgIpc) is 3.70. The fourth-order valence-corrected chi connectivity index (χ4v) is 8.37. The van der Waals surface area contributed by atoms with Gasteiger partial charge in [0.2, 0.25) is 6.71 Å². The van der Waals surface area contributed by atoms with Crippen LogP contribution in [0, 0.1) is 0 Å². The molecule has 0 atom stereocenters. The molecule has 0 spiro atoms. The Hall–Kier alpha value is -3.89. The molecule has 6 rings (SSSR count). The normalized spacial score (nSPS) is 13.3. The zero-order valence-corrected chi connectivity index (χ0v) is 24.9. The summed E-state index contributed by atoms with van der Waals surface area (Å²) in [6.07, 6.45) is 14.3. The van der Waals surface area contributed by atoms with E-state index in [4.69, 9.17) is 0 Å². The highest BCUT2D eigenvalue weighted by Crippen LogP contribution is 2.38. The van der Waals surface area contributed by atoms with E-state index in [-0.39, 0.29) is 5.16 Å². The molecule has 0 unspecified atom stereocenters. The minimum Gasteiger partial charge on any atom is -0.327 e. The third kappa shape index (κ3) is 6.63. The Morgan fingerprint density at radius 3 is 1.70 bits per heavy atom. The Morgan fingerprint density at radius 2 is 1.27 bits per heavy atom. The first-order chi connectivity index (χ1) is 19.8. The highest BCUT2D eigenvalue weighted by Gasteiger charge is 2.36. The molecule has 0 bridgehead atoms. The zero-order valence-electron chi connectivity index (χ0n) is 23.5. The Balaban J connectivity index is 0.000000174. The Labute approximate surface area is 242 Å². The summed E-state index contributed by atoms with van der Waals surface area (Å²) in [6.45, 7) is 2.71. The van der Waals surface area contributed by atoms with E-state index in [1.54, 1.807) is 0 Å². The van der Waals surface area contributed by atoms with E-state index in [0.29, 0.717) is 6.71 Å². The van der Waals surface area contributed by atoms with Gasteiger partial charge < -0.3 is 4.57 Å². The molecule has 5 aromatic rings. The lowest BCUT2D eigenvalue weighted by atomic mass is 9.37. The molecule has 1 aliphatic carbocycles. The summed E-state index contributed by atoms with van der Waals surface area (Å²) in [5.41, 5.74) is 5.66. The van der Waals surface area contributed by atoms with Crippen molar-refractivity contribution in [3.63, 3.8) is 0 Å². The van der Waals surface area contributed by atoms with Gasteiger partial charge in [0.05, 0.1) is 21.0 Å². The van der Waals surface area contributed by atoms with E-state index >= 15 is 0 Å². The zero-order chi connectivity index (χ0) is 27.5. The number of nitrogens with zero attached hydrogens (tertiary/aromatic N) is 2. The predicted octanol–water partition coefficient (Wildman–Crippen LogP) is 6.65. The number of benzene rings is 4. The molecular weight excluding hydrogens is 499 g/mol. The average molecular weight is 539 g/mol. The third-order valence-electron chi connectivity index (χ3n) is 8.00. The van der Waals surface area contributed by atoms with E-state index in [2.05, 4.69) is 156 Å². The van der Waals surface area contributed by atoms with Gasteiger partial charge in [0.25, 0.3) is 0 Å². The third-order valence-corrected chi connectivity index (χ3v) is 10.7. The molecule has 4 aromatic carbocycles. The van der Waals surface area contributed by atoms with E-state index in [1.807, 2.05) is 12.5 Å². The SMILES string of the molecule is CC=CCC[SiH2]C(c1ccccc1)(c1ccccc1)n1ccnc1.c1ccc(B(c2ccccc2)C2CC2)cc1. The molecule has 1 saturated carbocycles. The molecule has 40 heavy (non-hydrogen) atoms. The van der Waals surface area contributed by atoms with Gasteiger partial charge in [0.15, 0.2) is 0 Å². The summed E-state index contributed by atoms with van der Waals surface area (Å²) < 4.78 is 2.32.